The van der Waals surface area contributed by atoms with Gasteiger partial charge in [-0.1, -0.05) is 12.1 Å². The minimum Gasteiger partial charge on any atom is -0.463 e. The molecule has 1 aliphatic rings. The van der Waals surface area contributed by atoms with Gasteiger partial charge in [0.05, 0.1) is 17.3 Å². The molecular weight excluding hydrogens is 459 g/mol. The number of amides is 1. The standard InChI is InChI=1S/C25H24F3N5O2/c1-16-23-19(24(27)28)13-20(21-3-2-12-35-21)29-25(23)33(30-16)15-22(34)32-10-8-31(9-11-32)14-17-4-6-18(26)7-5-17/h2-7,12-13,24H,8-11,14-15H2,1H3. The molecule has 0 saturated carbocycles. The smallest absolute Gasteiger partial charge is 0.264 e. The molecule has 4 heterocycles. The monoisotopic (exact) mass is 483 g/mol. The van der Waals surface area contributed by atoms with Crippen LogP contribution in [0, 0.1) is 12.7 Å². The fourth-order valence-corrected chi connectivity index (χ4v) is 4.45. The van der Waals surface area contributed by atoms with E-state index in [0.717, 1.165) is 5.56 Å². The van der Waals surface area contributed by atoms with Crippen LogP contribution in [0.25, 0.3) is 22.5 Å². The minimum absolute atomic E-state index is 0.0976. The van der Waals surface area contributed by atoms with Crippen LogP contribution in [0.4, 0.5) is 13.2 Å². The molecule has 3 aromatic heterocycles. The molecule has 0 N–H and O–H groups in total. The zero-order valence-electron chi connectivity index (χ0n) is 19.1. The van der Waals surface area contributed by atoms with Crippen molar-refractivity contribution in [2.45, 2.75) is 26.4 Å². The maximum absolute atomic E-state index is 13.9. The Labute approximate surface area is 199 Å². The summed E-state index contributed by atoms with van der Waals surface area (Å²) in [6.07, 6.45) is -1.28. The Hall–Kier alpha value is -3.66. The molecule has 4 aromatic rings. The first-order chi connectivity index (χ1) is 16.9. The number of piperazine rings is 1. The maximum atomic E-state index is 13.9. The van der Waals surface area contributed by atoms with Crippen LogP contribution in [0.2, 0.25) is 0 Å². The van der Waals surface area contributed by atoms with Crippen molar-refractivity contribution >= 4 is 16.9 Å². The summed E-state index contributed by atoms with van der Waals surface area (Å²) in [5.41, 5.74) is 1.71. The fraction of sp³-hybridized carbons (Fsp3) is 0.320. The lowest BCUT2D eigenvalue weighted by molar-refractivity contribution is -0.133. The molecule has 1 saturated heterocycles. The molecule has 0 spiro atoms. The van der Waals surface area contributed by atoms with Gasteiger partial charge in [-0.3, -0.25) is 9.69 Å². The first-order valence-electron chi connectivity index (χ1n) is 11.3. The Balaban J connectivity index is 1.32. The normalized spacial score (nSPS) is 14.8. The van der Waals surface area contributed by atoms with Gasteiger partial charge in [-0.05, 0) is 42.8 Å². The van der Waals surface area contributed by atoms with Crippen LogP contribution < -0.4 is 0 Å². The van der Waals surface area contributed by atoms with E-state index in [4.69, 9.17) is 4.42 Å². The Kier molecular flexibility index (Phi) is 6.29. The number of nitrogens with zero attached hydrogens (tertiary/aromatic N) is 5. The molecule has 1 aromatic carbocycles. The minimum atomic E-state index is -2.73. The number of halogens is 3. The van der Waals surface area contributed by atoms with Crippen LogP contribution in [0.5, 0.6) is 0 Å². The predicted octanol–water partition coefficient (Wildman–Crippen LogP) is 4.42. The lowest BCUT2D eigenvalue weighted by Gasteiger charge is -2.34. The number of hydrogen-bond donors (Lipinski definition) is 0. The van der Waals surface area contributed by atoms with Crippen LogP contribution in [0.1, 0.15) is 23.2 Å². The lowest BCUT2D eigenvalue weighted by atomic mass is 10.1. The lowest BCUT2D eigenvalue weighted by Crippen LogP contribution is -2.49. The molecular formula is C25H24F3N5O2. The summed E-state index contributed by atoms with van der Waals surface area (Å²) < 4.78 is 47.6. The number of fused-ring (bicyclic) bond motifs is 1. The van der Waals surface area contributed by atoms with Gasteiger partial charge in [0.15, 0.2) is 11.4 Å². The number of benzene rings is 1. The average molecular weight is 483 g/mol. The quantitative estimate of drug-likeness (QED) is 0.406. The van der Waals surface area contributed by atoms with Gasteiger partial charge in [0.1, 0.15) is 18.1 Å². The van der Waals surface area contributed by atoms with Crippen LogP contribution in [0.15, 0.2) is 53.1 Å². The summed E-state index contributed by atoms with van der Waals surface area (Å²) in [5, 5.41) is 4.63. The first-order valence-corrected chi connectivity index (χ1v) is 11.3. The van der Waals surface area contributed by atoms with Crippen LogP contribution in [-0.2, 0) is 17.9 Å². The van der Waals surface area contributed by atoms with E-state index in [2.05, 4.69) is 15.0 Å². The van der Waals surface area contributed by atoms with Gasteiger partial charge in [0, 0.05) is 38.3 Å². The summed E-state index contributed by atoms with van der Waals surface area (Å²) in [5.74, 6) is -0.0561. The highest BCUT2D eigenvalue weighted by atomic mass is 19.3. The molecule has 0 radical (unpaired) electrons. The molecule has 10 heteroatoms. The summed E-state index contributed by atoms with van der Waals surface area (Å²) >= 11 is 0. The van der Waals surface area contributed by atoms with Crippen molar-refractivity contribution in [3.63, 3.8) is 0 Å². The summed E-state index contributed by atoms with van der Waals surface area (Å²) in [6.45, 7) is 4.65. The van der Waals surface area contributed by atoms with Crippen molar-refractivity contribution < 1.29 is 22.4 Å². The molecule has 1 aliphatic heterocycles. The average Bonchev–Trinajstić information content (AvgIpc) is 3.49. The van der Waals surface area contributed by atoms with Crippen LogP contribution in [-0.4, -0.2) is 56.7 Å². The second-order valence-electron chi connectivity index (χ2n) is 8.60. The highest BCUT2D eigenvalue weighted by Crippen LogP contribution is 2.33. The number of aryl methyl sites for hydroxylation is 1. The van der Waals surface area contributed by atoms with Crippen molar-refractivity contribution in [1.82, 2.24) is 24.6 Å². The third kappa shape index (κ3) is 4.79. The van der Waals surface area contributed by atoms with Gasteiger partial charge in [-0.15, -0.1) is 0 Å². The van der Waals surface area contributed by atoms with Crippen molar-refractivity contribution in [2.75, 3.05) is 26.2 Å². The zero-order chi connectivity index (χ0) is 24.5. The molecule has 182 valence electrons. The van der Waals surface area contributed by atoms with Crippen molar-refractivity contribution in [2.24, 2.45) is 0 Å². The topological polar surface area (TPSA) is 67.4 Å². The zero-order valence-corrected chi connectivity index (χ0v) is 19.1. The Morgan fingerprint density at radius 1 is 1.11 bits per heavy atom. The van der Waals surface area contributed by atoms with Gasteiger partial charge < -0.3 is 9.32 Å². The van der Waals surface area contributed by atoms with Gasteiger partial charge >= 0.3 is 0 Å². The van der Waals surface area contributed by atoms with E-state index < -0.39 is 6.43 Å². The number of carbonyl (C=O) groups is 1. The molecule has 0 aliphatic carbocycles. The number of hydrogen-bond acceptors (Lipinski definition) is 5. The van der Waals surface area contributed by atoms with Crippen LogP contribution in [0.3, 0.4) is 0 Å². The molecule has 0 bridgehead atoms. The summed E-state index contributed by atoms with van der Waals surface area (Å²) in [4.78, 5) is 21.5. The predicted molar refractivity (Wildman–Crippen MR) is 123 cm³/mol. The van der Waals surface area contributed by atoms with E-state index in [1.165, 1.54) is 29.1 Å². The van der Waals surface area contributed by atoms with Crippen molar-refractivity contribution in [3.8, 4) is 11.5 Å². The number of furan rings is 1. The second kappa shape index (κ2) is 9.53. The molecule has 7 nitrogen and oxygen atoms in total. The molecule has 1 amide bonds. The van der Waals surface area contributed by atoms with Crippen molar-refractivity contribution in [1.29, 1.82) is 0 Å². The number of rotatable bonds is 6. The van der Waals surface area contributed by atoms with E-state index in [1.807, 2.05) is 0 Å². The highest BCUT2D eigenvalue weighted by molar-refractivity contribution is 5.86. The van der Waals surface area contributed by atoms with Gasteiger partial charge in [-0.2, -0.15) is 5.10 Å². The van der Waals surface area contributed by atoms with E-state index in [1.54, 1.807) is 36.1 Å². The van der Waals surface area contributed by atoms with E-state index in [-0.39, 0.29) is 40.6 Å². The second-order valence-corrected chi connectivity index (χ2v) is 8.60. The number of alkyl halides is 2. The Bertz CT molecular complexity index is 1330. The third-order valence-corrected chi connectivity index (χ3v) is 6.25. The Morgan fingerprint density at radius 2 is 1.86 bits per heavy atom. The number of pyridine rings is 1. The molecule has 1 fully saturated rings. The molecule has 5 rings (SSSR count). The summed E-state index contributed by atoms with van der Waals surface area (Å²) in [6, 6.07) is 11.0. The molecule has 0 unspecified atom stereocenters. The van der Waals surface area contributed by atoms with Crippen LogP contribution >= 0.6 is 0 Å². The van der Waals surface area contributed by atoms with E-state index >= 15 is 0 Å². The van der Waals surface area contributed by atoms with Gasteiger partial charge in [-0.25, -0.2) is 22.8 Å². The van der Waals surface area contributed by atoms with Crippen molar-refractivity contribution in [3.05, 3.63) is 71.4 Å². The van der Waals surface area contributed by atoms with Gasteiger partial charge in [0.25, 0.3) is 6.43 Å². The van der Waals surface area contributed by atoms with Gasteiger partial charge in [0.2, 0.25) is 5.91 Å². The number of carbonyl (C=O) groups excluding carboxylic acids is 1. The summed E-state index contributed by atoms with van der Waals surface area (Å²) in [7, 11) is 0. The Morgan fingerprint density at radius 3 is 2.51 bits per heavy atom. The highest BCUT2D eigenvalue weighted by Gasteiger charge is 2.25. The maximum Gasteiger partial charge on any atom is 0.264 e. The molecule has 35 heavy (non-hydrogen) atoms. The first kappa shape index (κ1) is 23.1. The fourth-order valence-electron chi connectivity index (χ4n) is 4.45. The third-order valence-electron chi connectivity index (χ3n) is 6.25. The molecule has 0 atom stereocenters. The van der Waals surface area contributed by atoms with E-state index in [0.29, 0.717) is 44.2 Å². The largest absolute Gasteiger partial charge is 0.463 e. The van der Waals surface area contributed by atoms with E-state index in [9.17, 15) is 18.0 Å². The number of aromatic nitrogens is 3. The SMILES string of the molecule is Cc1nn(CC(=O)N2CCN(Cc3ccc(F)cc3)CC2)c2nc(-c3ccco3)cc(C(F)F)c12.